The highest BCUT2D eigenvalue weighted by Gasteiger charge is 2.60. The van der Waals surface area contributed by atoms with E-state index in [4.69, 9.17) is 27.9 Å². The van der Waals surface area contributed by atoms with E-state index in [0.717, 1.165) is 29.7 Å². The molecule has 10 heteroatoms. The molecule has 1 atom stereocenters. The van der Waals surface area contributed by atoms with Crippen molar-refractivity contribution in [1.82, 2.24) is 0 Å². The summed E-state index contributed by atoms with van der Waals surface area (Å²) < 4.78 is 63.3. The fourth-order valence-corrected chi connectivity index (χ4v) is 5.56. The Morgan fingerprint density at radius 2 is 1.81 bits per heavy atom. The topological polar surface area (TPSA) is 38.7 Å². The van der Waals surface area contributed by atoms with E-state index in [0.29, 0.717) is 35.9 Å². The van der Waals surface area contributed by atoms with Crippen LogP contribution in [-0.2, 0) is 22.3 Å². The van der Waals surface area contributed by atoms with Crippen LogP contribution in [0.25, 0.3) is 0 Å². The van der Waals surface area contributed by atoms with Crippen molar-refractivity contribution in [3.8, 4) is 0 Å². The maximum atomic E-state index is 14.3. The van der Waals surface area contributed by atoms with E-state index in [1.807, 2.05) is 0 Å². The summed E-state index contributed by atoms with van der Waals surface area (Å²) in [5.74, 6) is -1.45. The van der Waals surface area contributed by atoms with Crippen molar-refractivity contribution >= 4 is 46.8 Å². The first-order chi connectivity index (χ1) is 14.6. The number of carbonyl (C=O) groups excluding carboxylic acids is 1. The molecule has 31 heavy (non-hydrogen) atoms. The van der Waals surface area contributed by atoms with E-state index in [9.17, 15) is 22.4 Å². The maximum Gasteiger partial charge on any atom is 0.409 e. The van der Waals surface area contributed by atoms with Gasteiger partial charge in [0.15, 0.2) is 10.6 Å². The lowest BCUT2D eigenvalue weighted by Gasteiger charge is -2.30. The lowest BCUT2D eigenvalue weighted by atomic mass is 9.87. The summed E-state index contributed by atoms with van der Waals surface area (Å²) in [6.45, 7) is 0. The lowest BCUT2D eigenvalue weighted by molar-refractivity contribution is -0.159. The number of ether oxygens (including phenoxy) is 1. The van der Waals surface area contributed by atoms with Crippen LogP contribution in [0.4, 0.5) is 17.6 Å². The van der Waals surface area contributed by atoms with Gasteiger partial charge < -0.3 is 4.74 Å². The van der Waals surface area contributed by atoms with Crippen molar-refractivity contribution in [3.63, 3.8) is 0 Å². The summed E-state index contributed by atoms with van der Waals surface area (Å²) in [7, 11) is 1.28. The predicted octanol–water partition coefficient (Wildman–Crippen LogP) is 6.71. The molecular formula is C21H15Cl2F4NO2S. The van der Waals surface area contributed by atoms with Gasteiger partial charge in [-0.3, -0.25) is 0 Å². The van der Waals surface area contributed by atoms with E-state index in [-0.39, 0.29) is 11.3 Å². The highest BCUT2D eigenvalue weighted by molar-refractivity contribution is 7.99. The third-order valence-corrected chi connectivity index (χ3v) is 7.42. The van der Waals surface area contributed by atoms with Crippen molar-refractivity contribution in [2.24, 2.45) is 4.40 Å². The second-order valence-corrected chi connectivity index (χ2v) is 9.22. The molecule has 4 rings (SSSR count). The minimum absolute atomic E-state index is 0.258. The molecule has 0 saturated carbocycles. The number of carbonyl (C=O) groups is 1. The molecule has 0 N–H and O–H groups in total. The van der Waals surface area contributed by atoms with Crippen LogP contribution in [0.3, 0.4) is 0 Å². The van der Waals surface area contributed by atoms with Crippen molar-refractivity contribution in [3.05, 3.63) is 67.9 Å². The van der Waals surface area contributed by atoms with Crippen LogP contribution in [0.5, 0.6) is 0 Å². The number of rotatable bonds is 3. The van der Waals surface area contributed by atoms with Gasteiger partial charge in [-0.25, -0.2) is 13.6 Å². The second kappa shape index (κ2) is 7.98. The molecule has 0 radical (unpaired) electrons. The van der Waals surface area contributed by atoms with E-state index in [1.165, 1.54) is 7.11 Å². The quantitative estimate of drug-likeness (QED) is 0.207. The Morgan fingerprint density at radius 3 is 2.42 bits per heavy atom. The summed E-state index contributed by atoms with van der Waals surface area (Å²) in [4.78, 5) is 12.1. The maximum absolute atomic E-state index is 14.3. The Hall–Kier alpha value is -1.77. The van der Waals surface area contributed by atoms with Gasteiger partial charge in [0.25, 0.3) is 0 Å². The first kappa shape index (κ1) is 22.4. The van der Waals surface area contributed by atoms with Crippen LogP contribution in [0, 0.1) is 5.82 Å². The molecular weight excluding hydrogens is 477 g/mol. The molecule has 0 saturated heterocycles. The van der Waals surface area contributed by atoms with Crippen LogP contribution in [0.1, 0.15) is 45.5 Å². The average molecular weight is 492 g/mol. The number of methoxy groups -OCH3 is 1. The molecule has 2 aromatic carbocycles. The summed E-state index contributed by atoms with van der Waals surface area (Å²) >= 11 is 11.9. The lowest BCUT2D eigenvalue weighted by Crippen LogP contribution is -2.38. The van der Waals surface area contributed by atoms with Gasteiger partial charge in [0.1, 0.15) is 0 Å². The zero-order chi connectivity index (χ0) is 22.6. The van der Waals surface area contributed by atoms with Gasteiger partial charge in [-0.1, -0.05) is 29.3 Å². The molecule has 1 aliphatic heterocycles. The molecule has 2 aromatic rings. The van der Waals surface area contributed by atoms with Gasteiger partial charge in [0.05, 0.1) is 28.4 Å². The third kappa shape index (κ3) is 3.62. The molecule has 0 aromatic heterocycles. The van der Waals surface area contributed by atoms with E-state index in [1.54, 1.807) is 12.1 Å². The monoisotopic (exact) mass is 491 g/mol. The highest BCUT2D eigenvalue weighted by Crippen LogP contribution is 2.57. The molecule has 1 aliphatic carbocycles. The smallest absolute Gasteiger partial charge is 0.409 e. The second-order valence-electron chi connectivity index (χ2n) is 7.35. The first-order valence-corrected chi connectivity index (χ1v) is 10.8. The van der Waals surface area contributed by atoms with Crippen LogP contribution in [0.2, 0.25) is 10.0 Å². The largest absolute Gasteiger partial charge is 0.465 e. The number of hydrogen-bond donors (Lipinski definition) is 0. The van der Waals surface area contributed by atoms with Crippen molar-refractivity contribution in [2.45, 2.75) is 36.6 Å². The van der Waals surface area contributed by atoms with E-state index < -0.39 is 39.2 Å². The fourth-order valence-electron chi connectivity index (χ4n) is 4.11. The van der Waals surface area contributed by atoms with Gasteiger partial charge in [-0.15, -0.1) is 0 Å². The average Bonchev–Trinajstić information content (AvgIpc) is 3.38. The van der Waals surface area contributed by atoms with Gasteiger partial charge in [0.2, 0.25) is 0 Å². The molecule has 164 valence electrons. The zero-order valence-electron chi connectivity index (χ0n) is 16.1. The molecule has 0 bridgehead atoms. The number of halogens is 6. The molecule has 3 nitrogen and oxygen atoms in total. The predicted molar refractivity (Wildman–Crippen MR) is 113 cm³/mol. The SMILES string of the molecule is COC(=O)c1ccc(C2=NSC(c3cc(Cl)c(F)c(Cl)c3)(C(F)(F)F)C2)c2c1CCC2. The minimum atomic E-state index is -4.71. The van der Waals surface area contributed by atoms with Crippen LogP contribution < -0.4 is 0 Å². The summed E-state index contributed by atoms with van der Waals surface area (Å²) in [6, 6.07) is 5.09. The van der Waals surface area contributed by atoms with Gasteiger partial charge >= 0.3 is 12.1 Å². The third-order valence-electron chi connectivity index (χ3n) is 5.64. The number of hydrogen-bond acceptors (Lipinski definition) is 4. The number of fused-ring (bicyclic) bond motifs is 1. The Bertz CT molecular complexity index is 1100. The number of alkyl halides is 3. The number of esters is 1. The Labute approximate surface area is 189 Å². The standard InChI is InChI=1S/C21H15Cl2F4NO2S/c1-30-19(29)14-6-5-13(11-3-2-4-12(11)14)17-9-20(31-28-17,21(25,26)27)10-7-15(22)18(24)16(23)8-10/h5-8H,2-4,9H2,1H3. The van der Waals surface area contributed by atoms with Crippen LogP contribution in [0.15, 0.2) is 28.7 Å². The summed E-state index contributed by atoms with van der Waals surface area (Å²) in [6.07, 6.45) is -3.12. The van der Waals surface area contributed by atoms with E-state index >= 15 is 0 Å². The minimum Gasteiger partial charge on any atom is -0.465 e. The van der Waals surface area contributed by atoms with Crippen molar-refractivity contribution < 1.29 is 27.1 Å². The fraction of sp³-hybridized carbons (Fsp3) is 0.333. The number of benzene rings is 2. The Kier molecular flexibility index (Phi) is 5.77. The molecule has 1 heterocycles. The highest BCUT2D eigenvalue weighted by atomic mass is 35.5. The van der Waals surface area contributed by atoms with Crippen molar-refractivity contribution in [2.75, 3.05) is 7.11 Å². The normalized spacial score (nSPS) is 20.5. The molecule has 2 aliphatic rings. The van der Waals surface area contributed by atoms with Gasteiger partial charge in [0, 0.05) is 12.0 Å². The Morgan fingerprint density at radius 1 is 1.16 bits per heavy atom. The first-order valence-electron chi connectivity index (χ1n) is 9.29. The van der Waals surface area contributed by atoms with Gasteiger partial charge in [-0.05, 0) is 66.1 Å². The molecule has 0 fully saturated rings. The van der Waals surface area contributed by atoms with Crippen LogP contribution >= 0.6 is 35.1 Å². The zero-order valence-corrected chi connectivity index (χ0v) is 18.4. The summed E-state index contributed by atoms with van der Waals surface area (Å²) in [5, 5.41) is -0.966. The molecule has 0 spiro atoms. The molecule has 1 unspecified atom stereocenters. The van der Waals surface area contributed by atoms with E-state index in [2.05, 4.69) is 4.40 Å². The van der Waals surface area contributed by atoms with Crippen LogP contribution in [-0.4, -0.2) is 25.0 Å². The van der Waals surface area contributed by atoms with Gasteiger partial charge in [-0.2, -0.15) is 13.2 Å². The number of nitrogens with zero attached hydrogens (tertiary/aromatic N) is 1. The van der Waals surface area contributed by atoms with Crippen molar-refractivity contribution in [1.29, 1.82) is 0 Å². The summed E-state index contributed by atoms with van der Waals surface area (Å²) in [5.41, 5.74) is 2.60. The Balaban J connectivity index is 1.78. The molecule has 0 amide bonds.